The van der Waals surface area contributed by atoms with Crippen molar-refractivity contribution in [3.8, 4) is 28.6 Å². The maximum absolute atomic E-state index is 13.1. The minimum absolute atomic E-state index is 0.00156. The van der Waals surface area contributed by atoms with Crippen molar-refractivity contribution in [3.63, 3.8) is 0 Å². The summed E-state index contributed by atoms with van der Waals surface area (Å²) in [5, 5.41) is 19.8. The molecule has 0 aliphatic rings. The Hall–Kier alpha value is -4.74. The first-order valence-electron chi connectivity index (χ1n) is 11.2. The molecule has 0 fully saturated rings. The summed E-state index contributed by atoms with van der Waals surface area (Å²) >= 11 is 0. The van der Waals surface area contributed by atoms with Crippen LogP contribution in [0.3, 0.4) is 0 Å². The number of benzene rings is 2. The van der Waals surface area contributed by atoms with Crippen LogP contribution in [0.25, 0.3) is 17.1 Å². The molecule has 0 spiro atoms. The lowest BCUT2D eigenvalue weighted by Crippen LogP contribution is -2.21. The van der Waals surface area contributed by atoms with E-state index in [4.69, 9.17) is 19.8 Å². The fourth-order valence-corrected chi connectivity index (χ4v) is 3.47. The van der Waals surface area contributed by atoms with Gasteiger partial charge in [-0.2, -0.15) is 9.78 Å². The summed E-state index contributed by atoms with van der Waals surface area (Å²) in [6.45, 7) is 4.43. The van der Waals surface area contributed by atoms with Gasteiger partial charge in [0, 0.05) is 17.7 Å². The summed E-state index contributed by atoms with van der Waals surface area (Å²) in [7, 11) is 1.61. The van der Waals surface area contributed by atoms with Gasteiger partial charge in [-0.25, -0.2) is 10.1 Å². The van der Waals surface area contributed by atoms with Crippen molar-refractivity contribution in [2.45, 2.75) is 26.7 Å². The first-order valence-corrected chi connectivity index (χ1v) is 11.2. The van der Waals surface area contributed by atoms with Crippen LogP contribution in [-0.2, 0) is 6.42 Å². The number of hydrogen-bond acceptors (Lipinski definition) is 10. The van der Waals surface area contributed by atoms with Gasteiger partial charge in [0.15, 0.2) is 5.69 Å². The van der Waals surface area contributed by atoms with E-state index in [9.17, 15) is 4.79 Å². The van der Waals surface area contributed by atoms with E-state index >= 15 is 0 Å². The average Bonchev–Trinajstić information content (AvgIpc) is 3.52. The molecule has 186 valence electrons. The topological polar surface area (TPSA) is 156 Å². The second-order valence-corrected chi connectivity index (χ2v) is 7.82. The molecular weight excluding hydrogens is 464 g/mol. The first-order chi connectivity index (χ1) is 17.5. The molecule has 0 atom stereocenters. The fourth-order valence-electron chi connectivity index (χ4n) is 3.47. The van der Waals surface area contributed by atoms with Crippen molar-refractivity contribution in [3.05, 3.63) is 59.8 Å². The number of ether oxygens (including phenoxy) is 2. The third kappa shape index (κ3) is 5.32. The summed E-state index contributed by atoms with van der Waals surface area (Å²) in [6.07, 6.45) is 1.38. The highest BCUT2D eigenvalue weighted by Crippen LogP contribution is 2.28. The fraction of sp³-hybridized carbons (Fsp3) is 0.250. The highest BCUT2D eigenvalue weighted by atomic mass is 16.6. The van der Waals surface area contributed by atoms with Crippen molar-refractivity contribution >= 4 is 17.4 Å². The van der Waals surface area contributed by atoms with Gasteiger partial charge in [-0.15, -0.1) is 5.10 Å². The SMILES string of the molecule is CCCOc1ccc(-c2c(C(=O)N/N=C(/C)Cc3ccccc3OC)nnn2-c2nonc2N)cc1. The molecule has 0 unspecified atom stereocenters. The zero-order chi connectivity index (χ0) is 25.5. The molecule has 0 radical (unpaired) electrons. The number of rotatable bonds is 10. The zero-order valence-corrected chi connectivity index (χ0v) is 20.1. The lowest BCUT2D eigenvalue weighted by atomic mass is 10.1. The Kier molecular flexibility index (Phi) is 7.54. The van der Waals surface area contributed by atoms with Crippen LogP contribution >= 0.6 is 0 Å². The van der Waals surface area contributed by atoms with Crippen molar-refractivity contribution < 1.29 is 18.9 Å². The summed E-state index contributed by atoms with van der Waals surface area (Å²) < 4.78 is 17.0. The van der Waals surface area contributed by atoms with E-state index in [1.165, 1.54) is 4.68 Å². The zero-order valence-electron chi connectivity index (χ0n) is 20.1. The number of nitrogen functional groups attached to an aromatic ring is 1. The smallest absolute Gasteiger partial charge is 0.294 e. The number of carbonyl (C=O) groups is 1. The van der Waals surface area contributed by atoms with Gasteiger partial charge in [0.25, 0.3) is 5.91 Å². The number of nitrogens with one attached hydrogen (secondary N) is 1. The summed E-state index contributed by atoms with van der Waals surface area (Å²) in [5.74, 6) is 0.996. The number of nitrogens with two attached hydrogens (primary N) is 1. The van der Waals surface area contributed by atoms with E-state index in [1.807, 2.05) is 31.2 Å². The van der Waals surface area contributed by atoms with Gasteiger partial charge in [-0.1, -0.05) is 30.3 Å². The van der Waals surface area contributed by atoms with Crippen LogP contribution in [0.4, 0.5) is 5.82 Å². The third-order valence-electron chi connectivity index (χ3n) is 5.17. The molecule has 4 aromatic rings. The summed E-state index contributed by atoms with van der Waals surface area (Å²) in [4.78, 5) is 13.1. The van der Waals surface area contributed by atoms with Gasteiger partial charge in [-0.3, -0.25) is 4.79 Å². The predicted molar refractivity (Wildman–Crippen MR) is 132 cm³/mol. The van der Waals surface area contributed by atoms with E-state index in [1.54, 1.807) is 38.3 Å². The number of hydrazone groups is 1. The van der Waals surface area contributed by atoms with Gasteiger partial charge >= 0.3 is 0 Å². The van der Waals surface area contributed by atoms with Gasteiger partial charge in [0.1, 0.15) is 17.2 Å². The second-order valence-electron chi connectivity index (χ2n) is 7.82. The lowest BCUT2D eigenvalue weighted by Gasteiger charge is -2.09. The lowest BCUT2D eigenvalue weighted by molar-refractivity contribution is 0.0950. The molecule has 12 nitrogen and oxygen atoms in total. The number of aromatic nitrogens is 5. The van der Waals surface area contributed by atoms with E-state index in [-0.39, 0.29) is 17.3 Å². The molecule has 0 saturated heterocycles. The van der Waals surface area contributed by atoms with Gasteiger partial charge in [-0.05, 0) is 59.6 Å². The minimum atomic E-state index is -0.558. The Bertz CT molecular complexity index is 1360. The average molecular weight is 491 g/mol. The van der Waals surface area contributed by atoms with Gasteiger partial charge < -0.3 is 15.2 Å². The third-order valence-corrected chi connectivity index (χ3v) is 5.17. The Morgan fingerprint density at radius 2 is 1.94 bits per heavy atom. The molecule has 2 aromatic carbocycles. The van der Waals surface area contributed by atoms with Crippen LogP contribution in [0.2, 0.25) is 0 Å². The number of nitrogens with zero attached hydrogens (tertiary/aromatic N) is 6. The van der Waals surface area contributed by atoms with Gasteiger partial charge in [0.2, 0.25) is 11.6 Å². The molecule has 0 aliphatic heterocycles. The molecule has 2 aromatic heterocycles. The highest BCUT2D eigenvalue weighted by Gasteiger charge is 2.25. The molecule has 36 heavy (non-hydrogen) atoms. The Labute approximate surface area is 207 Å². The van der Waals surface area contributed by atoms with E-state index in [0.29, 0.717) is 35.7 Å². The maximum Gasteiger partial charge on any atom is 0.294 e. The molecule has 2 heterocycles. The quantitative estimate of drug-likeness (QED) is 0.252. The number of hydrogen-bond donors (Lipinski definition) is 2. The Morgan fingerprint density at radius 1 is 1.17 bits per heavy atom. The van der Waals surface area contributed by atoms with Crippen LogP contribution < -0.4 is 20.6 Å². The normalized spacial score (nSPS) is 11.4. The number of methoxy groups -OCH3 is 1. The highest BCUT2D eigenvalue weighted by molar-refractivity contribution is 5.99. The number of para-hydroxylation sites is 1. The predicted octanol–water partition coefficient (Wildman–Crippen LogP) is 3.05. The molecule has 3 N–H and O–H groups in total. The molecule has 0 bridgehead atoms. The van der Waals surface area contributed by atoms with Crippen LogP contribution in [0, 0.1) is 0 Å². The summed E-state index contributed by atoms with van der Waals surface area (Å²) in [5.41, 5.74) is 11.0. The van der Waals surface area contributed by atoms with E-state index in [2.05, 4.69) is 31.2 Å². The van der Waals surface area contributed by atoms with Crippen LogP contribution in [0.15, 0.2) is 58.3 Å². The Balaban J connectivity index is 1.62. The van der Waals surface area contributed by atoms with Crippen LogP contribution in [-0.4, -0.2) is 50.6 Å². The molecule has 12 heteroatoms. The molecule has 0 saturated carbocycles. The summed E-state index contributed by atoms with van der Waals surface area (Å²) in [6, 6.07) is 14.8. The van der Waals surface area contributed by atoms with Crippen molar-refractivity contribution in [1.29, 1.82) is 0 Å². The molecule has 4 rings (SSSR count). The second kappa shape index (κ2) is 11.1. The van der Waals surface area contributed by atoms with Crippen molar-refractivity contribution in [2.75, 3.05) is 19.5 Å². The number of amides is 1. The maximum atomic E-state index is 13.1. The molecule has 0 aliphatic carbocycles. The molecular formula is C24H26N8O4. The van der Waals surface area contributed by atoms with Crippen molar-refractivity contribution in [2.24, 2.45) is 5.10 Å². The van der Waals surface area contributed by atoms with Crippen molar-refractivity contribution in [1.82, 2.24) is 30.7 Å². The Morgan fingerprint density at radius 3 is 2.64 bits per heavy atom. The minimum Gasteiger partial charge on any atom is -0.496 e. The standard InChI is InChI=1S/C24H26N8O4/c1-4-13-35-18-11-9-16(10-12-18)21-20(27-31-32(21)23-22(25)29-36-30-23)24(33)28-26-15(2)14-17-7-5-6-8-19(17)34-3/h5-12H,4,13-14H2,1-3H3,(H2,25,29)(H,28,33)/b26-15-. The molecule has 1 amide bonds. The number of carbonyl (C=O) groups excluding carboxylic acids is 1. The largest absolute Gasteiger partial charge is 0.496 e. The monoisotopic (exact) mass is 490 g/mol. The number of anilines is 1. The van der Waals surface area contributed by atoms with Crippen LogP contribution in [0.1, 0.15) is 36.3 Å². The van der Waals surface area contributed by atoms with Gasteiger partial charge in [0.05, 0.1) is 13.7 Å². The first kappa shape index (κ1) is 24.4. The van der Waals surface area contributed by atoms with Crippen LogP contribution in [0.5, 0.6) is 11.5 Å². The van der Waals surface area contributed by atoms with E-state index < -0.39 is 5.91 Å². The van der Waals surface area contributed by atoms with E-state index in [0.717, 1.165) is 17.7 Å².